The third-order valence-corrected chi connectivity index (χ3v) is 2.89. The zero-order chi connectivity index (χ0) is 14.3. The number of nitrogens with one attached hydrogen (secondary N) is 3. The van der Waals surface area contributed by atoms with Crippen LogP contribution >= 0.6 is 23.4 Å². The highest BCUT2D eigenvalue weighted by Gasteiger charge is 2.06. The van der Waals surface area contributed by atoms with Gasteiger partial charge in [-0.25, -0.2) is 0 Å². The average Bonchev–Trinajstić information content (AvgIpc) is 2.32. The molecule has 0 radical (unpaired) electrons. The number of hydrogen-bond acceptors (Lipinski definition) is 7. The zero-order valence-corrected chi connectivity index (χ0v) is 12.6. The van der Waals surface area contributed by atoms with Gasteiger partial charge in [0.05, 0.1) is 0 Å². The predicted octanol–water partition coefficient (Wildman–Crippen LogP) is 1.83. The van der Waals surface area contributed by atoms with Crippen molar-refractivity contribution in [3.8, 4) is 0 Å². The Morgan fingerprint density at radius 2 is 2.00 bits per heavy atom. The molecule has 0 aromatic carbocycles. The Morgan fingerprint density at radius 3 is 2.63 bits per heavy atom. The predicted molar refractivity (Wildman–Crippen MR) is 79.0 cm³/mol. The van der Waals surface area contributed by atoms with E-state index < -0.39 is 0 Å². The van der Waals surface area contributed by atoms with Gasteiger partial charge in [-0.05, 0) is 25.4 Å². The van der Waals surface area contributed by atoms with E-state index in [0.717, 1.165) is 0 Å². The molecular formula is C10H17ClN6OS. The monoisotopic (exact) mass is 304 g/mol. The Morgan fingerprint density at radius 1 is 1.32 bits per heavy atom. The molecule has 0 aliphatic heterocycles. The third-order valence-electron chi connectivity index (χ3n) is 1.85. The van der Waals surface area contributed by atoms with Gasteiger partial charge in [0.15, 0.2) is 0 Å². The van der Waals surface area contributed by atoms with Crippen molar-refractivity contribution in [3.63, 3.8) is 0 Å². The molecule has 7 nitrogen and oxygen atoms in total. The molecule has 0 unspecified atom stereocenters. The Hall–Kier alpha value is -1.28. The molecule has 3 N–H and O–H groups in total. The molecule has 106 valence electrons. The van der Waals surface area contributed by atoms with E-state index in [1.54, 1.807) is 7.05 Å². The molecule has 0 bridgehead atoms. The van der Waals surface area contributed by atoms with E-state index in [1.165, 1.54) is 11.8 Å². The Balaban J connectivity index is 2.49. The number of carbonyl (C=O) groups excluding carboxylic acids is 1. The standard InChI is InChI=1S/C10H17ClN6OS/c1-6(2)14-9-16-7(11)15-8(17-9)13-4-5-19-10(18)12-3/h6H,4-5H2,1-3H3,(H,12,18)(H2,13,14,15,16,17). The van der Waals surface area contributed by atoms with Gasteiger partial charge in [-0.15, -0.1) is 0 Å². The van der Waals surface area contributed by atoms with Crippen LogP contribution in [0.1, 0.15) is 13.8 Å². The molecule has 1 amide bonds. The lowest BCUT2D eigenvalue weighted by atomic mass is 10.4. The summed E-state index contributed by atoms with van der Waals surface area (Å²) in [6.45, 7) is 4.51. The second kappa shape index (κ2) is 8.00. The lowest BCUT2D eigenvalue weighted by Gasteiger charge is -2.10. The van der Waals surface area contributed by atoms with Crippen LogP contribution < -0.4 is 16.0 Å². The molecule has 0 spiro atoms. The largest absolute Gasteiger partial charge is 0.353 e. The van der Waals surface area contributed by atoms with Crippen molar-refractivity contribution >= 4 is 40.5 Å². The van der Waals surface area contributed by atoms with Crippen LogP contribution in [0.3, 0.4) is 0 Å². The van der Waals surface area contributed by atoms with Crippen LogP contribution in [0.15, 0.2) is 0 Å². The minimum absolute atomic E-state index is 0.0716. The van der Waals surface area contributed by atoms with Gasteiger partial charge >= 0.3 is 0 Å². The van der Waals surface area contributed by atoms with E-state index >= 15 is 0 Å². The quantitative estimate of drug-likeness (QED) is 0.690. The first-order chi connectivity index (χ1) is 9.01. The van der Waals surface area contributed by atoms with Gasteiger partial charge in [0.25, 0.3) is 5.24 Å². The highest BCUT2D eigenvalue weighted by atomic mass is 35.5. The van der Waals surface area contributed by atoms with E-state index in [0.29, 0.717) is 24.2 Å². The number of hydrogen-bond donors (Lipinski definition) is 3. The van der Waals surface area contributed by atoms with Crippen LogP contribution in [-0.4, -0.2) is 45.6 Å². The SMILES string of the molecule is CNC(=O)SCCNc1nc(Cl)nc(NC(C)C)n1. The van der Waals surface area contributed by atoms with Crippen molar-refractivity contribution in [3.05, 3.63) is 5.28 Å². The fourth-order valence-electron chi connectivity index (χ4n) is 1.13. The van der Waals surface area contributed by atoms with Crippen LogP contribution in [-0.2, 0) is 0 Å². The number of thioether (sulfide) groups is 1. The number of nitrogens with zero attached hydrogens (tertiary/aromatic N) is 3. The summed E-state index contributed by atoms with van der Waals surface area (Å²) in [6.07, 6.45) is 0. The van der Waals surface area contributed by atoms with Gasteiger partial charge in [-0.1, -0.05) is 11.8 Å². The molecule has 1 rings (SSSR count). The number of halogens is 1. The van der Waals surface area contributed by atoms with Crippen molar-refractivity contribution in [1.82, 2.24) is 20.3 Å². The van der Waals surface area contributed by atoms with E-state index in [2.05, 4.69) is 30.9 Å². The summed E-state index contributed by atoms with van der Waals surface area (Å²) in [6, 6.07) is 0.204. The van der Waals surface area contributed by atoms with Crippen LogP contribution in [0.4, 0.5) is 16.7 Å². The van der Waals surface area contributed by atoms with E-state index in [4.69, 9.17) is 11.6 Å². The fraction of sp³-hybridized carbons (Fsp3) is 0.600. The molecule has 1 heterocycles. The van der Waals surface area contributed by atoms with E-state index in [9.17, 15) is 4.79 Å². The fourth-order valence-corrected chi connectivity index (χ4v) is 1.82. The molecule has 19 heavy (non-hydrogen) atoms. The topological polar surface area (TPSA) is 91.8 Å². The van der Waals surface area contributed by atoms with Gasteiger partial charge in [0, 0.05) is 25.4 Å². The Bertz CT molecular complexity index is 430. The molecule has 1 aromatic rings. The summed E-state index contributed by atoms with van der Waals surface area (Å²) >= 11 is 6.99. The van der Waals surface area contributed by atoms with Crippen molar-refractivity contribution in [2.24, 2.45) is 0 Å². The van der Waals surface area contributed by atoms with Crippen molar-refractivity contribution < 1.29 is 4.79 Å². The van der Waals surface area contributed by atoms with Crippen LogP contribution in [0.5, 0.6) is 0 Å². The van der Waals surface area contributed by atoms with Gasteiger partial charge in [0.2, 0.25) is 17.2 Å². The summed E-state index contributed by atoms with van der Waals surface area (Å²) in [7, 11) is 1.60. The van der Waals surface area contributed by atoms with Crippen LogP contribution in [0.2, 0.25) is 5.28 Å². The Labute approximate surface area is 121 Å². The zero-order valence-electron chi connectivity index (χ0n) is 11.0. The molecule has 0 saturated heterocycles. The molecule has 0 fully saturated rings. The lowest BCUT2D eigenvalue weighted by molar-refractivity contribution is 0.262. The number of amides is 1. The first kappa shape index (κ1) is 15.8. The maximum absolute atomic E-state index is 11.0. The minimum Gasteiger partial charge on any atom is -0.353 e. The highest BCUT2D eigenvalue weighted by Crippen LogP contribution is 2.10. The number of rotatable bonds is 6. The molecule has 0 saturated carbocycles. The minimum atomic E-state index is -0.0716. The molecule has 9 heteroatoms. The maximum atomic E-state index is 11.0. The lowest BCUT2D eigenvalue weighted by Crippen LogP contribution is -2.17. The van der Waals surface area contributed by atoms with Gasteiger partial charge in [0.1, 0.15) is 0 Å². The molecule has 0 atom stereocenters. The van der Waals surface area contributed by atoms with E-state index in [-0.39, 0.29) is 16.6 Å². The summed E-state index contributed by atoms with van der Waals surface area (Å²) in [4.78, 5) is 23.1. The molecule has 1 aromatic heterocycles. The number of carbonyl (C=O) groups is 1. The number of aromatic nitrogens is 3. The van der Waals surface area contributed by atoms with Crippen LogP contribution in [0.25, 0.3) is 0 Å². The first-order valence-electron chi connectivity index (χ1n) is 5.77. The molecule has 0 aliphatic rings. The highest BCUT2D eigenvalue weighted by molar-refractivity contribution is 8.13. The van der Waals surface area contributed by atoms with Gasteiger partial charge in [-0.3, -0.25) is 4.79 Å². The smallest absolute Gasteiger partial charge is 0.278 e. The van der Waals surface area contributed by atoms with Crippen LogP contribution in [0, 0.1) is 0 Å². The maximum Gasteiger partial charge on any atom is 0.278 e. The van der Waals surface area contributed by atoms with Crippen molar-refractivity contribution in [2.75, 3.05) is 30.0 Å². The molecule has 0 aliphatic carbocycles. The summed E-state index contributed by atoms with van der Waals surface area (Å²) in [5.41, 5.74) is 0. The van der Waals surface area contributed by atoms with Gasteiger partial charge < -0.3 is 16.0 Å². The van der Waals surface area contributed by atoms with Gasteiger partial charge in [-0.2, -0.15) is 15.0 Å². The summed E-state index contributed by atoms with van der Waals surface area (Å²) in [5.74, 6) is 1.42. The normalized spacial score (nSPS) is 10.4. The first-order valence-corrected chi connectivity index (χ1v) is 7.14. The second-order valence-corrected chi connectivity index (χ2v) is 5.27. The van der Waals surface area contributed by atoms with Crippen molar-refractivity contribution in [1.29, 1.82) is 0 Å². The summed E-state index contributed by atoms with van der Waals surface area (Å²) < 4.78 is 0. The number of anilines is 2. The second-order valence-electron chi connectivity index (χ2n) is 3.86. The Kier molecular flexibility index (Phi) is 6.65. The average molecular weight is 305 g/mol. The molecular weight excluding hydrogens is 288 g/mol. The summed E-state index contributed by atoms with van der Waals surface area (Å²) in [5, 5.41) is 8.62. The van der Waals surface area contributed by atoms with E-state index in [1.807, 2.05) is 13.8 Å². The third kappa shape index (κ3) is 6.44. The van der Waals surface area contributed by atoms with Crippen molar-refractivity contribution in [2.45, 2.75) is 19.9 Å².